The van der Waals surface area contributed by atoms with Crippen LogP contribution in [0.2, 0.25) is 0 Å². The molecule has 1 heterocycles. The molecule has 0 N–H and O–H groups in total. The van der Waals surface area contributed by atoms with Gasteiger partial charge in [-0.3, -0.25) is 4.79 Å². The number of carbonyl (C=O) groups excluding carboxylic acids is 1. The van der Waals surface area contributed by atoms with Gasteiger partial charge in [0.1, 0.15) is 0 Å². The highest BCUT2D eigenvalue weighted by Crippen LogP contribution is 2.38. The molecule has 1 unspecified atom stereocenters. The van der Waals surface area contributed by atoms with Crippen LogP contribution >= 0.6 is 0 Å². The number of methoxy groups -OCH3 is 2. The molecule has 0 aliphatic carbocycles. The average molecular weight is 475 g/mol. The Balaban J connectivity index is 1.74. The highest BCUT2D eigenvalue weighted by molar-refractivity contribution is 5.95. The van der Waals surface area contributed by atoms with Gasteiger partial charge in [-0.2, -0.15) is 0 Å². The van der Waals surface area contributed by atoms with Crippen LogP contribution in [0.5, 0.6) is 11.5 Å². The van der Waals surface area contributed by atoms with Crippen molar-refractivity contribution in [3.63, 3.8) is 0 Å². The molecule has 0 saturated carbocycles. The number of hydrogen-bond acceptors (Lipinski definition) is 4. The quantitative estimate of drug-likeness (QED) is 0.228. The van der Waals surface area contributed by atoms with Crippen LogP contribution in [0.3, 0.4) is 0 Å². The van der Waals surface area contributed by atoms with E-state index in [0.717, 1.165) is 42.8 Å². The lowest BCUT2D eigenvalue weighted by Crippen LogP contribution is -2.48. The van der Waals surface area contributed by atoms with Crippen molar-refractivity contribution in [3.05, 3.63) is 17.7 Å². The molecule has 1 aromatic rings. The number of amides is 1. The van der Waals surface area contributed by atoms with Gasteiger partial charge in [0.15, 0.2) is 11.5 Å². The first-order valence-electron chi connectivity index (χ1n) is 13.7. The van der Waals surface area contributed by atoms with Crippen LogP contribution in [-0.2, 0) is 11.2 Å². The standard InChI is InChI=1S/C29H50N2O3/c1-6-7-8-9-10-11-12-13-14-15-16-17-18-19-29(32)31-23-25(30(2)3)20-24-21-27(33-4)28(34-5)22-26(24)31/h21-22,25H,6-20,23H2,1-5H3. The molecule has 5 nitrogen and oxygen atoms in total. The van der Waals surface area contributed by atoms with E-state index in [4.69, 9.17) is 9.47 Å². The zero-order valence-corrected chi connectivity index (χ0v) is 22.7. The zero-order chi connectivity index (χ0) is 24.8. The number of anilines is 1. The van der Waals surface area contributed by atoms with Crippen molar-refractivity contribution in [1.29, 1.82) is 0 Å². The first-order chi connectivity index (χ1) is 16.5. The Hall–Kier alpha value is -1.75. The fraction of sp³-hybridized carbons (Fsp3) is 0.759. The summed E-state index contributed by atoms with van der Waals surface area (Å²) in [4.78, 5) is 17.4. The van der Waals surface area contributed by atoms with Crippen LogP contribution < -0.4 is 14.4 Å². The van der Waals surface area contributed by atoms with Gasteiger partial charge < -0.3 is 19.3 Å². The van der Waals surface area contributed by atoms with Crippen molar-refractivity contribution < 1.29 is 14.3 Å². The Morgan fingerprint density at radius 1 is 0.853 bits per heavy atom. The molecule has 34 heavy (non-hydrogen) atoms. The summed E-state index contributed by atoms with van der Waals surface area (Å²) in [6.45, 7) is 3.00. The predicted molar refractivity (Wildman–Crippen MR) is 143 cm³/mol. The maximum Gasteiger partial charge on any atom is 0.227 e. The van der Waals surface area contributed by atoms with E-state index in [9.17, 15) is 4.79 Å². The molecule has 1 atom stereocenters. The number of carbonyl (C=O) groups is 1. The molecule has 1 aliphatic heterocycles. The lowest BCUT2D eigenvalue weighted by Gasteiger charge is -2.38. The first-order valence-corrected chi connectivity index (χ1v) is 13.7. The lowest BCUT2D eigenvalue weighted by atomic mass is 9.95. The summed E-state index contributed by atoms with van der Waals surface area (Å²) >= 11 is 0. The minimum Gasteiger partial charge on any atom is -0.493 e. The fourth-order valence-electron chi connectivity index (χ4n) is 4.96. The van der Waals surface area contributed by atoms with Crippen LogP contribution in [0.1, 0.15) is 102 Å². The summed E-state index contributed by atoms with van der Waals surface area (Å²) in [6, 6.07) is 4.32. The summed E-state index contributed by atoms with van der Waals surface area (Å²) in [6.07, 6.45) is 18.7. The molecule has 2 rings (SSSR count). The number of likely N-dealkylation sites (N-methyl/N-ethyl adjacent to an activating group) is 1. The van der Waals surface area contributed by atoms with E-state index in [1.165, 1.54) is 70.6 Å². The van der Waals surface area contributed by atoms with Gasteiger partial charge >= 0.3 is 0 Å². The Bertz CT molecular complexity index is 720. The van der Waals surface area contributed by atoms with Crippen molar-refractivity contribution in [2.45, 2.75) is 109 Å². The molecule has 1 aliphatic rings. The van der Waals surface area contributed by atoms with E-state index in [-0.39, 0.29) is 5.91 Å². The fourth-order valence-corrected chi connectivity index (χ4v) is 4.96. The summed E-state index contributed by atoms with van der Waals surface area (Å²) in [7, 11) is 7.49. The normalized spacial score (nSPS) is 15.5. The van der Waals surface area contributed by atoms with Crippen molar-refractivity contribution in [2.75, 3.05) is 39.8 Å². The molecule has 0 aromatic heterocycles. The second-order valence-electron chi connectivity index (χ2n) is 10.2. The summed E-state index contributed by atoms with van der Waals surface area (Å²) < 4.78 is 11.0. The molecule has 0 radical (unpaired) electrons. The molecule has 0 fully saturated rings. The van der Waals surface area contributed by atoms with Crippen LogP contribution in [0.25, 0.3) is 0 Å². The predicted octanol–water partition coefficient (Wildman–Crippen LogP) is 7.00. The molecule has 194 valence electrons. The summed E-state index contributed by atoms with van der Waals surface area (Å²) in [5.74, 6) is 1.64. The molecule has 0 bridgehead atoms. The van der Waals surface area contributed by atoms with Crippen LogP contribution in [0, 0.1) is 0 Å². The van der Waals surface area contributed by atoms with Gasteiger partial charge in [0.05, 0.1) is 19.9 Å². The number of benzene rings is 1. The number of ether oxygens (including phenoxy) is 2. The van der Waals surface area contributed by atoms with Gasteiger partial charge in [0, 0.05) is 25.1 Å². The monoisotopic (exact) mass is 474 g/mol. The highest BCUT2D eigenvalue weighted by atomic mass is 16.5. The van der Waals surface area contributed by atoms with Gasteiger partial charge in [-0.15, -0.1) is 0 Å². The number of hydrogen-bond donors (Lipinski definition) is 0. The minimum atomic E-state index is 0.225. The number of fused-ring (bicyclic) bond motifs is 1. The second kappa shape index (κ2) is 16.0. The van der Waals surface area contributed by atoms with Gasteiger partial charge in [-0.1, -0.05) is 84.0 Å². The molecule has 0 saturated heterocycles. The van der Waals surface area contributed by atoms with Gasteiger partial charge in [-0.05, 0) is 38.6 Å². The first kappa shape index (κ1) is 28.5. The van der Waals surface area contributed by atoms with E-state index in [0.29, 0.717) is 18.2 Å². The molecular formula is C29H50N2O3. The van der Waals surface area contributed by atoms with E-state index < -0.39 is 0 Å². The summed E-state index contributed by atoms with van der Waals surface area (Å²) in [5.41, 5.74) is 2.14. The Morgan fingerprint density at radius 3 is 1.85 bits per heavy atom. The van der Waals surface area contributed by atoms with Gasteiger partial charge in [0.25, 0.3) is 0 Å². The van der Waals surface area contributed by atoms with Crippen LogP contribution in [0.15, 0.2) is 12.1 Å². The van der Waals surface area contributed by atoms with E-state index in [1.807, 2.05) is 17.0 Å². The highest BCUT2D eigenvalue weighted by Gasteiger charge is 2.30. The maximum atomic E-state index is 13.2. The number of nitrogens with zero attached hydrogens (tertiary/aromatic N) is 2. The Morgan fingerprint density at radius 2 is 1.35 bits per heavy atom. The van der Waals surface area contributed by atoms with E-state index in [1.54, 1.807) is 14.2 Å². The topological polar surface area (TPSA) is 42.0 Å². The largest absolute Gasteiger partial charge is 0.493 e. The third kappa shape index (κ3) is 9.13. The smallest absolute Gasteiger partial charge is 0.227 e. The summed E-state index contributed by atoms with van der Waals surface area (Å²) in [5, 5.41) is 0. The van der Waals surface area contributed by atoms with E-state index in [2.05, 4.69) is 25.9 Å². The van der Waals surface area contributed by atoms with Crippen LogP contribution in [0.4, 0.5) is 5.69 Å². The molecule has 5 heteroatoms. The molecule has 1 amide bonds. The SMILES string of the molecule is CCCCCCCCCCCCCCCC(=O)N1CC(N(C)C)Cc2cc(OC)c(OC)cc21. The van der Waals surface area contributed by atoms with Crippen molar-refractivity contribution >= 4 is 11.6 Å². The third-order valence-electron chi connectivity index (χ3n) is 7.25. The maximum absolute atomic E-state index is 13.2. The third-order valence-corrected chi connectivity index (χ3v) is 7.25. The minimum absolute atomic E-state index is 0.225. The zero-order valence-electron chi connectivity index (χ0n) is 22.7. The molecule has 0 spiro atoms. The lowest BCUT2D eigenvalue weighted by molar-refractivity contribution is -0.119. The number of rotatable bonds is 17. The second-order valence-corrected chi connectivity index (χ2v) is 10.2. The van der Waals surface area contributed by atoms with Crippen molar-refractivity contribution in [2.24, 2.45) is 0 Å². The Kier molecular flexibility index (Phi) is 13.4. The van der Waals surface area contributed by atoms with E-state index >= 15 is 0 Å². The van der Waals surface area contributed by atoms with Gasteiger partial charge in [0.2, 0.25) is 5.91 Å². The van der Waals surface area contributed by atoms with Crippen molar-refractivity contribution in [1.82, 2.24) is 4.90 Å². The average Bonchev–Trinajstić information content (AvgIpc) is 2.84. The van der Waals surface area contributed by atoms with Gasteiger partial charge in [-0.25, -0.2) is 0 Å². The Labute approximate surface area is 209 Å². The van der Waals surface area contributed by atoms with Crippen molar-refractivity contribution in [3.8, 4) is 11.5 Å². The molecular weight excluding hydrogens is 424 g/mol. The molecule has 1 aromatic carbocycles. The van der Waals surface area contributed by atoms with Crippen LogP contribution in [-0.4, -0.2) is 51.7 Å². The number of unbranched alkanes of at least 4 members (excludes halogenated alkanes) is 12.